The van der Waals surface area contributed by atoms with Crippen LogP contribution in [0.5, 0.6) is 0 Å². The second-order valence-corrected chi connectivity index (χ2v) is 5.68. The summed E-state index contributed by atoms with van der Waals surface area (Å²) >= 11 is 1.57. The Morgan fingerprint density at radius 1 is 1.29 bits per heavy atom. The van der Waals surface area contributed by atoms with E-state index in [1.165, 1.54) is 7.11 Å². The average Bonchev–Trinajstić information content (AvgIpc) is 3.15. The minimum absolute atomic E-state index is 0.351. The van der Waals surface area contributed by atoms with Gasteiger partial charge in [0.1, 0.15) is 10.7 Å². The van der Waals surface area contributed by atoms with Crippen LogP contribution in [0.3, 0.4) is 0 Å². The van der Waals surface area contributed by atoms with Gasteiger partial charge in [0.25, 0.3) is 0 Å². The second-order valence-electron chi connectivity index (χ2n) is 4.47. The number of hydrogen-bond acceptors (Lipinski definition) is 5. The maximum absolute atomic E-state index is 11.6. The van der Waals surface area contributed by atoms with Gasteiger partial charge in [-0.2, -0.15) is 0 Å². The fourth-order valence-corrected chi connectivity index (χ4v) is 2.97. The number of aromatic nitrogens is 1. The number of furan rings is 1. The first-order valence-corrected chi connectivity index (χ1v) is 7.20. The molecular weight excluding hydrogens is 286 g/mol. The van der Waals surface area contributed by atoms with Crippen molar-refractivity contribution < 1.29 is 13.9 Å². The van der Waals surface area contributed by atoms with Crippen molar-refractivity contribution in [1.82, 2.24) is 4.98 Å². The molecule has 0 bridgehead atoms. The molecule has 2 aromatic heterocycles. The van der Waals surface area contributed by atoms with E-state index >= 15 is 0 Å². The lowest BCUT2D eigenvalue weighted by Gasteiger charge is -2.01. The van der Waals surface area contributed by atoms with Gasteiger partial charge in [-0.1, -0.05) is 12.1 Å². The zero-order valence-electron chi connectivity index (χ0n) is 11.6. The first-order valence-electron chi connectivity index (χ1n) is 6.39. The van der Waals surface area contributed by atoms with E-state index in [0.717, 1.165) is 26.9 Å². The average molecular weight is 299 g/mol. The van der Waals surface area contributed by atoms with Crippen molar-refractivity contribution in [3.63, 3.8) is 0 Å². The van der Waals surface area contributed by atoms with Gasteiger partial charge in [-0.05, 0) is 31.2 Å². The molecule has 0 aliphatic rings. The molecule has 0 N–H and O–H groups in total. The molecule has 0 unspecified atom stereocenters. The number of thiazole rings is 1. The molecule has 0 spiro atoms. The van der Waals surface area contributed by atoms with E-state index in [1.54, 1.807) is 29.7 Å². The van der Waals surface area contributed by atoms with Gasteiger partial charge in [0, 0.05) is 10.4 Å². The molecule has 3 rings (SSSR count). The summed E-state index contributed by atoms with van der Waals surface area (Å²) < 4.78 is 10.1. The van der Waals surface area contributed by atoms with Crippen LogP contribution >= 0.6 is 11.3 Å². The summed E-state index contributed by atoms with van der Waals surface area (Å²) in [6.45, 7) is 2.00. The molecule has 0 fully saturated rings. The standard InChI is InChI=1S/C16H13NO3S/c1-10-14(13-7-4-8-20-13)17-15(21-10)11-5-3-6-12(9-11)16(18)19-2/h3-9H,1-2H3. The summed E-state index contributed by atoms with van der Waals surface area (Å²) in [5.41, 5.74) is 2.25. The molecule has 21 heavy (non-hydrogen) atoms. The number of ether oxygens (including phenoxy) is 1. The van der Waals surface area contributed by atoms with E-state index < -0.39 is 0 Å². The molecule has 5 heteroatoms. The van der Waals surface area contributed by atoms with Crippen LogP contribution in [-0.4, -0.2) is 18.1 Å². The summed E-state index contributed by atoms with van der Waals surface area (Å²) in [5, 5.41) is 0.852. The van der Waals surface area contributed by atoms with Crippen LogP contribution in [0.25, 0.3) is 22.0 Å². The highest BCUT2D eigenvalue weighted by molar-refractivity contribution is 7.15. The highest BCUT2D eigenvalue weighted by Gasteiger charge is 2.14. The molecule has 0 aliphatic heterocycles. The third-order valence-electron chi connectivity index (χ3n) is 3.08. The minimum atomic E-state index is -0.351. The van der Waals surface area contributed by atoms with Gasteiger partial charge >= 0.3 is 5.97 Å². The SMILES string of the molecule is COC(=O)c1cccc(-c2nc(-c3ccco3)c(C)s2)c1. The molecule has 0 aliphatic carbocycles. The third kappa shape index (κ3) is 2.60. The van der Waals surface area contributed by atoms with Crippen LogP contribution in [-0.2, 0) is 4.74 Å². The number of methoxy groups -OCH3 is 1. The number of rotatable bonds is 3. The zero-order chi connectivity index (χ0) is 14.8. The van der Waals surface area contributed by atoms with Gasteiger partial charge in [0.05, 0.1) is 18.9 Å². The predicted octanol–water partition coefficient (Wildman–Crippen LogP) is 4.17. The maximum Gasteiger partial charge on any atom is 0.337 e. The maximum atomic E-state index is 11.6. The second kappa shape index (κ2) is 5.54. The van der Waals surface area contributed by atoms with Crippen molar-refractivity contribution in [3.05, 3.63) is 53.1 Å². The minimum Gasteiger partial charge on any atom is -0.465 e. The Labute approximate surface area is 126 Å². The van der Waals surface area contributed by atoms with Crippen molar-refractivity contribution in [2.45, 2.75) is 6.92 Å². The van der Waals surface area contributed by atoms with E-state index in [4.69, 9.17) is 9.15 Å². The van der Waals surface area contributed by atoms with E-state index in [-0.39, 0.29) is 5.97 Å². The Bertz CT molecular complexity index is 775. The number of aryl methyl sites for hydroxylation is 1. The summed E-state index contributed by atoms with van der Waals surface area (Å²) in [4.78, 5) is 17.3. The van der Waals surface area contributed by atoms with Gasteiger partial charge < -0.3 is 9.15 Å². The number of benzene rings is 1. The van der Waals surface area contributed by atoms with Crippen LogP contribution in [0.15, 0.2) is 47.1 Å². The number of carbonyl (C=O) groups is 1. The monoisotopic (exact) mass is 299 g/mol. The molecule has 4 nitrogen and oxygen atoms in total. The highest BCUT2D eigenvalue weighted by atomic mass is 32.1. The quantitative estimate of drug-likeness (QED) is 0.681. The van der Waals surface area contributed by atoms with Crippen LogP contribution in [0.1, 0.15) is 15.2 Å². The normalized spacial score (nSPS) is 10.6. The van der Waals surface area contributed by atoms with Crippen molar-refractivity contribution in [2.75, 3.05) is 7.11 Å². The molecule has 3 aromatic rings. The smallest absolute Gasteiger partial charge is 0.337 e. The van der Waals surface area contributed by atoms with E-state index in [9.17, 15) is 4.79 Å². The van der Waals surface area contributed by atoms with E-state index in [1.807, 2.05) is 31.2 Å². The predicted molar refractivity (Wildman–Crippen MR) is 81.3 cm³/mol. The molecule has 106 valence electrons. The van der Waals surface area contributed by atoms with Gasteiger partial charge in [0.15, 0.2) is 5.76 Å². The molecule has 0 atom stereocenters. The zero-order valence-corrected chi connectivity index (χ0v) is 12.4. The van der Waals surface area contributed by atoms with Crippen LogP contribution in [0, 0.1) is 6.92 Å². The fraction of sp³-hybridized carbons (Fsp3) is 0.125. The van der Waals surface area contributed by atoms with E-state index in [0.29, 0.717) is 5.56 Å². The molecule has 0 amide bonds. The number of esters is 1. The van der Waals surface area contributed by atoms with Crippen molar-refractivity contribution in [3.8, 4) is 22.0 Å². The Morgan fingerprint density at radius 2 is 2.14 bits per heavy atom. The van der Waals surface area contributed by atoms with Gasteiger partial charge in [-0.15, -0.1) is 11.3 Å². The topological polar surface area (TPSA) is 52.3 Å². The Kier molecular flexibility index (Phi) is 3.58. The lowest BCUT2D eigenvalue weighted by atomic mass is 10.1. The highest BCUT2D eigenvalue weighted by Crippen LogP contribution is 2.33. The fourth-order valence-electron chi connectivity index (χ4n) is 2.06. The lowest BCUT2D eigenvalue weighted by molar-refractivity contribution is 0.0601. The Hall–Kier alpha value is -2.40. The number of hydrogen-bond donors (Lipinski definition) is 0. The third-order valence-corrected chi connectivity index (χ3v) is 4.10. The van der Waals surface area contributed by atoms with Gasteiger partial charge in [-0.25, -0.2) is 9.78 Å². The summed E-state index contributed by atoms with van der Waals surface area (Å²) in [6, 6.07) is 11.0. The number of carbonyl (C=O) groups excluding carboxylic acids is 1. The largest absolute Gasteiger partial charge is 0.465 e. The summed E-state index contributed by atoms with van der Waals surface area (Å²) in [6.07, 6.45) is 1.63. The summed E-state index contributed by atoms with van der Waals surface area (Å²) in [7, 11) is 1.37. The first-order chi connectivity index (χ1) is 10.2. The molecule has 0 saturated carbocycles. The Balaban J connectivity index is 2.02. The molecular formula is C16H13NO3S. The van der Waals surface area contributed by atoms with Crippen molar-refractivity contribution >= 4 is 17.3 Å². The number of nitrogens with zero attached hydrogens (tertiary/aromatic N) is 1. The summed E-state index contributed by atoms with van der Waals surface area (Å²) in [5.74, 6) is 0.399. The Morgan fingerprint density at radius 3 is 2.86 bits per heavy atom. The molecule has 0 saturated heterocycles. The van der Waals surface area contributed by atoms with Crippen LogP contribution < -0.4 is 0 Å². The first kappa shape index (κ1) is 13.6. The molecule has 1 aromatic carbocycles. The van der Waals surface area contributed by atoms with Crippen molar-refractivity contribution in [2.24, 2.45) is 0 Å². The molecule has 2 heterocycles. The van der Waals surface area contributed by atoms with Crippen LogP contribution in [0.4, 0.5) is 0 Å². The van der Waals surface area contributed by atoms with E-state index in [2.05, 4.69) is 4.98 Å². The van der Waals surface area contributed by atoms with Crippen LogP contribution in [0.2, 0.25) is 0 Å². The van der Waals surface area contributed by atoms with Gasteiger partial charge in [-0.3, -0.25) is 0 Å². The molecule has 0 radical (unpaired) electrons. The lowest BCUT2D eigenvalue weighted by Crippen LogP contribution is -2.00. The van der Waals surface area contributed by atoms with Gasteiger partial charge in [0.2, 0.25) is 0 Å². The van der Waals surface area contributed by atoms with Crippen molar-refractivity contribution in [1.29, 1.82) is 0 Å².